The van der Waals surface area contributed by atoms with Gasteiger partial charge in [-0.25, -0.2) is 0 Å². The molecule has 1 amide bonds. The average Bonchev–Trinajstić information content (AvgIpc) is 3.12. The summed E-state index contributed by atoms with van der Waals surface area (Å²) >= 11 is 1.40. The third-order valence-corrected chi connectivity index (χ3v) is 5.76. The second-order valence-corrected chi connectivity index (χ2v) is 8.07. The molecular formula is C22H27N5OS. The summed E-state index contributed by atoms with van der Waals surface area (Å²) in [4.78, 5) is 14.4. The van der Waals surface area contributed by atoms with Gasteiger partial charge in [-0.15, -0.1) is 10.2 Å². The second-order valence-electron chi connectivity index (χ2n) is 7.13. The maximum atomic E-state index is 12.4. The van der Waals surface area contributed by atoms with E-state index in [9.17, 15) is 4.79 Å². The van der Waals surface area contributed by atoms with E-state index in [0.717, 1.165) is 40.0 Å². The lowest BCUT2D eigenvalue weighted by atomic mass is 10.1. The van der Waals surface area contributed by atoms with Crippen molar-refractivity contribution in [1.29, 1.82) is 0 Å². The van der Waals surface area contributed by atoms with E-state index >= 15 is 0 Å². The molecule has 3 rings (SSSR count). The maximum Gasteiger partial charge on any atom is 0.234 e. The van der Waals surface area contributed by atoms with Crippen molar-refractivity contribution in [2.75, 3.05) is 30.1 Å². The molecule has 0 saturated heterocycles. The highest BCUT2D eigenvalue weighted by Gasteiger charge is 2.15. The van der Waals surface area contributed by atoms with Crippen LogP contribution < -0.4 is 10.2 Å². The van der Waals surface area contributed by atoms with Crippen LogP contribution in [0.25, 0.3) is 11.4 Å². The van der Waals surface area contributed by atoms with Crippen molar-refractivity contribution >= 4 is 29.0 Å². The molecule has 0 aliphatic carbocycles. The zero-order valence-electron chi connectivity index (χ0n) is 17.6. The molecule has 7 heteroatoms. The van der Waals surface area contributed by atoms with Crippen LogP contribution in [0.1, 0.15) is 18.1 Å². The van der Waals surface area contributed by atoms with Crippen LogP contribution in [0.4, 0.5) is 11.4 Å². The van der Waals surface area contributed by atoms with Crippen molar-refractivity contribution in [2.24, 2.45) is 0 Å². The topological polar surface area (TPSA) is 63.1 Å². The van der Waals surface area contributed by atoms with Crippen LogP contribution in [0, 0.1) is 13.8 Å². The number of nitrogens with zero attached hydrogens (tertiary/aromatic N) is 4. The molecule has 3 aromatic rings. The number of aryl methyl sites for hydroxylation is 2. The molecule has 0 aliphatic rings. The van der Waals surface area contributed by atoms with E-state index in [4.69, 9.17) is 0 Å². The van der Waals surface area contributed by atoms with Crippen molar-refractivity contribution in [3.05, 3.63) is 53.6 Å². The number of amides is 1. The summed E-state index contributed by atoms with van der Waals surface area (Å²) in [7, 11) is 4.03. The molecule has 0 unspecified atom stereocenters. The number of carbonyl (C=O) groups is 1. The van der Waals surface area contributed by atoms with Gasteiger partial charge in [0.25, 0.3) is 0 Å². The highest BCUT2D eigenvalue weighted by atomic mass is 32.2. The number of thioether (sulfide) groups is 1. The van der Waals surface area contributed by atoms with Crippen molar-refractivity contribution in [1.82, 2.24) is 14.8 Å². The summed E-state index contributed by atoms with van der Waals surface area (Å²) < 4.78 is 2.04. The zero-order chi connectivity index (χ0) is 21.0. The summed E-state index contributed by atoms with van der Waals surface area (Å²) in [5.74, 6) is 1.04. The molecule has 1 N–H and O–H groups in total. The lowest BCUT2D eigenvalue weighted by Gasteiger charge is -2.13. The molecule has 0 fully saturated rings. The van der Waals surface area contributed by atoms with Crippen LogP contribution in [0.3, 0.4) is 0 Å². The van der Waals surface area contributed by atoms with E-state index in [1.807, 2.05) is 55.9 Å². The van der Waals surface area contributed by atoms with E-state index in [1.165, 1.54) is 17.3 Å². The molecule has 29 heavy (non-hydrogen) atoms. The molecule has 0 atom stereocenters. The van der Waals surface area contributed by atoms with Gasteiger partial charge in [-0.3, -0.25) is 4.79 Å². The van der Waals surface area contributed by atoms with Crippen LogP contribution in [0.2, 0.25) is 0 Å². The van der Waals surface area contributed by atoms with Crippen LogP contribution in [-0.2, 0) is 11.3 Å². The van der Waals surface area contributed by atoms with E-state index in [1.54, 1.807) is 0 Å². The van der Waals surface area contributed by atoms with Crippen LogP contribution in [-0.4, -0.2) is 40.5 Å². The van der Waals surface area contributed by atoms with Gasteiger partial charge in [0.05, 0.1) is 5.75 Å². The minimum Gasteiger partial charge on any atom is -0.378 e. The lowest BCUT2D eigenvalue weighted by molar-refractivity contribution is -0.113. The fourth-order valence-corrected chi connectivity index (χ4v) is 3.75. The molecule has 1 heterocycles. The van der Waals surface area contributed by atoms with Gasteiger partial charge in [-0.2, -0.15) is 0 Å². The Morgan fingerprint density at radius 2 is 1.79 bits per heavy atom. The Balaban J connectivity index is 1.68. The quantitative estimate of drug-likeness (QED) is 0.587. The Hall–Kier alpha value is -2.80. The summed E-state index contributed by atoms with van der Waals surface area (Å²) in [6, 6.07) is 14.1. The van der Waals surface area contributed by atoms with E-state index in [0.29, 0.717) is 0 Å². The fraction of sp³-hybridized carbons (Fsp3) is 0.318. The van der Waals surface area contributed by atoms with E-state index in [-0.39, 0.29) is 11.7 Å². The molecule has 1 aromatic heterocycles. The Kier molecular flexibility index (Phi) is 6.59. The molecule has 0 saturated carbocycles. The Bertz CT molecular complexity index is 995. The first-order chi connectivity index (χ1) is 13.9. The maximum absolute atomic E-state index is 12.4. The summed E-state index contributed by atoms with van der Waals surface area (Å²) in [6.07, 6.45) is 0. The first kappa shape index (κ1) is 20.9. The first-order valence-electron chi connectivity index (χ1n) is 9.60. The fourth-order valence-electron chi connectivity index (χ4n) is 2.95. The molecular weight excluding hydrogens is 382 g/mol. The zero-order valence-corrected chi connectivity index (χ0v) is 18.4. The normalized spacial score (nSPS) is 10.8. The van der Waals surface area contributed by atoms with E-state index < -0.39 is 0 Å². The van der Waals surface area contributed by atoms with Gasteiger partial charge in [0, 0.05) is 37.6 Å². The average molecular weight is 410 g/mol. The van der Waals surface area contributed by atoms with Gasteiger partial charge in [0.15, 0.2) is 11.0 Å². The highest BCUT2D eigenvalue weighted by molar-refractivity contribution is 7.99. The number of benzene rings is 2. The molecule has 0 bridgehead atoms. The molecule has 0 spiro atoms. The Labute approximate surface area is 176 Å². The Morgan fingerprint density at radius 3 is 2.41 bits per heavy atom. The van der Waals surface area contributed by atoms with Crippen LogP contribution in [0.15, 0.2) is 47.6 Å². The van der Waals surface area contributed by atoms with Gasteiger partial charge < -0.3 is 14.8 Å². The highest BCUT2D eigenvalue weighted by Crippen LogP contribution is 2.26. The first-order valence-corrected chi connectivity index (χ1v) is 10.6. The molecule has 0 radical (unpaired) electrons. The number of nitrogens with one attached hydrogen (secondary N) is 1. The SMILES string of the molecule is CCn1c(SCC(=O)Nc2ccc(C)c(C)c2)nnc1-c1ccc(N(C)C)cc1. The van der Waals surface area contributed by atoms with Crippen molar-refractivity contribution in [3.8, 4) is 11.4 Å². The molecule has 2 aromatic carbocycles. The number of anilines is 2. The number of aromatic nitrogens is 3. The summed E-state index contributed by atoms with van der Waals surface area (Å²) in [6.45, 7) is 6.88. The Morgan fingerprint density at radius 1 is 1.07 bits per heavy atom. The lowest BCUT2D eigenvalue weighted by Crippen LogP contribution is -2.14. The third-order valence-electron chi connectivity index (χ3n) is 4.80. The minimum atomic E-state index is -0.0548. The monoisotopic (exact) mass is 409 g/mol. The van der Waals surface area contributed by atoms with Crippen LogP contribution >= 0.6 is 11.8 Å². The summed E-state index contributed by atoms with van der Waals surface area (Å²) in [5, 5.41) is 12.4. The minimum absolute atomic E-state index is 0.0548. The van der Waals surface area contributed by atoms with Crippen molar-refractivity contribution < 1.29 is 4.79 Å². The largest absolute Gasteiger partial charge is 0.378 e. The van der Waals surface area contributed by atoms with Crippen LogP contribution in [0.5, 0.6) is 0 Å². The molecule has 6 nitrogen and oxygen atoms in total. The molecule has 0 aliphatic heterocycles. The number of rotatable bonds is 7. The van der Waals surface area contributed by atoms with Gasteiger partial charge in [0.1, 0.15) is 0 Å². The van der Waals surface area contributed by atoms with Crippen molar-refractivity contribution in [2.45, 2.75) is 32.5 Å². The predicted molar refractivity (Wildman–Crippen MR) is 121 cm³/mol. The number of hydrogen-bond acceptors (Lipinski definition) is 5. The summed E-state index contributed by atoms with van der Waals surface area (Å²) in [5.41, 5.74) is 5.33. The standard InChI is InChI=1S/C22H27N5OS/c1-6-27-21(17-8-11-19(12-9-17)26(4)5)24-25-22(27)29-14-20(28)23-18-10-7-15(2)16(3)13-18/h7-13H,6,14H2,1-5H3,(H,23,28). The smallest absolute Gasteiger partial charge is 0.234 e. The second kappa shape index (κ2) is 9.13. The van der Waals surface area contributed by atoms with Crippen molar-refractivity contribution in [3.63, 3.8) is 0 Å². The predicted octanol–water partition coefficient (Wildman–Crippen LogP) is 4.38. The van der Waals surface area contributed by atoms with E-state index in [2.05, 4.69) is 46.4 Å². The number of carbonyl (C=O) groups excluding carboxylic acids is 1. The van der Waals surface area contributed by atoms with Gasteiger partial charge in [-0.1, -0.05) is 17.8 Å². The third kappa shape index (κ3) is 4.98. The van der Waals surface area contributed by atoms with Gasteiger partial charge >= 0.3 is 0 Å². The van der Waals surface area contributed by atoms with Gasteiger partial charge in [0.2, 0.25) is 5.91 Å². The molecule has 152 valence electrons. The van der Waals surface area contributed by atoms with Gasteiger partial charge in [-0.05, 0) is 68.3 Å². The number of hydrogen-bond donors (Lipinski definition) is 1.